The second-order valence-corrected chi connectivity index (χ2v) is 9.60. The van der Waals surface area contributed by atoms with Crippen LogP contribution in [-0.4, -0.2) is 37.3 Å². The van der Waals surface area contributed by atoms with Crippen molar-refractivity contribution in [1.29, 1.82) is 0 Å². The normalized spacial score (nSPS) is 12.1. The molecule has 1 aromatic carbocycles. The van der Waals surface area contributed by atoms with Crippen LogP contribution in [0.2, 0.25) is 0 Å². The van der Waals surface area contributed by atoms with Crippen molar-refractivity contribution in [3.05, 3.63) is 52.3 Å². The molecule has 3 aromatic rings. The van der Waals surface area contributed by atoms with Crippen molar-refractivity contribution in [3.8, 4) is 0 Å². The zero-order chi connectivity index (χ0) is 22.5. The van der Waals surface area contributed by atoms with Crippen molar-refractivity contribution in [2.45, 2.75) is 38.9 Å². The molecule has 0 aliphatic carbocycles. The molecule has 10 heteroatoms. The second-order valence-electron chi connectivity index (χ2n) is 7.46. The molecule has 0 fully saturated rings. The van der Waals surface area contributed by atoms with Crippen molar-refractivity contribution >= 4 is 40.0 Å². The average Bonchev–Trinajstić information content (AvgIpc) is 3.25. The standard InChI is InChI=1S/C21H26N6O2S2/c1-12(2)17(24-19(29)15-9-7-6-8-10-15)18-25-26-21(27(18)5)30-11-16(28)23-20-22-13(3)14(4)31-20/h6-10,12,17H,11H2,1-5H3,(H,24,29)(H,22,23,28). The van der Waals surface area contributed by atoms with Crippen molar-refractivity contribution in [3.63, 3.8) is 0 Å². The number of hydrogen-bond acceptors (Lipinski definition) is 7. The molecule has 0 aliphatic heterocycles. The molecule has 2 heterocycles. The fourth-order valence-corrected chi connectivity index (χ4v) is 4.43. The van der Waals surface area contributed by atoms with E-state index < -0.39 is 0 Å². The number of carbonyl (C=O) groups is 2. The number of nitrogens with one attached hydrogen (secondary N) is 2. The van der Waals surface area contributed by atoms with E-state index in [2.05, 4.69) is 25.8 Å². The van der Waals surface area contributed by atoms with Gasteiger partial charge in [-0.3, -0.25) is 9.59 Å². The summed E-state index contributed by atoms with van der Waals surface area (Å²) in [7, 11) is 1.84. The molecule has 164 valence electrons. The van der Waals surface area contributed by atoms with E-state index in [-0.39, 0.29) is 29.5 Å². The van der Waals surface area contributed by atoms with Gasteiger partial charge in [0.2, 0.25) is 5.91 Å². The lowest BCUT2D eigenvalue weighted by Gasteiger charge is -2.21. The molecule has 31 heavy (non-hydrogen) atoms. The zero-order valence-corrected chi connectivity index (χ0v) is 19.8. The smallest absolute Gasteiger partial charge is 0.251 e. The van der Waals surface area contributed by atoms with Crippen LogP contribution in [0.15, 0.2) is 35.5 Å². The van der Waals surface area contributed by atoms with E-state index in [0.717, 1.165) is 10.6 Å². The van der Waals surface area contributed by atoms with E-state index in [1.54, 1.807) is 12.1 Å². The van der Waals surface area contributed by atoms with Crippen LogP contribution < -0.4 is 10.6 Å². The summed E-state index contributed by atoms with van der Waals surface area (Å²) < 4.78 is 1.82. The van der Waals surface area contributed by atoms with Crippen LogP contribution in [0.25, 0.3) is 0 Å². The maximum absolute atomic E-state index is 12.6. The Labute approximate surface area is 189 Å². The van der Waals surface area contributed by atoms with E-state index in [4.69, 9.17) is 0 Å². The summed E-state index contributed by atoms with van der Waals surface area (Å²) in [5, 5.41) is 15.6. The summed E-state index contributed by atoms with van der Waals surface area (Å²) in [6.07, 6.45) is 0. The van der Waals surface area contributed by atoms with Gasteiger partial charge in [-0.2, -0.15) is 0 Å². The Morgan fingerprint density at radius 2 is 1.87 bits per heavy atom. The molecule has 0 spiro atoms. The molecule has 0 bridgehead atoms. The number of anilines is 1. The molecule has 8 nitrogen and oxygen atoms in total. The third-order valence-corrected chi connectivity index (χ3v) is 6.75. The minimum atomic E-state index is -0.311. The number of nitrogens with zero attached hydrogens (tertiary/aromatic N) is 4. The van der Waals surface area contributed by atoms with Crippen LogP contribution >= 0.6 is 23.1 Å². The Morgan fingerprint density at radius 3 is 2.48 bits per heavy atom. The van der Waals surface area contributed by atoms with Gasteiger partial charge >= 0.3 is 0 Å². The molecule has 3 rings (SSSR count). The molecular weight excluding hydrogens is 432 g/mol. The number of aryl methyl sites for hydroxylation is 2. The zero-order valence-electron chi connectivity index (χ0n) is 18.2. The van der Waals surface area contributed by atoms with E-state index >= 15 is 0 Å². The first-order chi connectivity index (χ1) is 14.8. The minimum Gasteiger partial charge on any atom is -0.342 e. The quantitative estimate of drug-likeness (QED) is 0.499. The second kappa shape index (κ2) is 10.1. The molecule has 2 aromatic heterocycles. The van der Waals surface area contributed by atoms with Gasteiger partial charge in [0, 0.05) is 17.5 Å². The van der Waals surface area contributed by atoms with Gasteiger partial charge in [-0.15, -0.1) is 21.5 Å². The Balaban J connectivity index is 1.65. The molecule has 0 saturated heterocycles. The minimum absolute atomic E-state index is 0.105. The number of thiazole rings is 1. The molecule has 2 amide bonds. The lowest BCUT2D eigenvalue weighted by atomic mass is 10.0. The van der Waals surface area contributed by atoms with E-state index in [9.17, 15) is 9.59 Å². The maximum atomic E-state index is 12.6. The molecular formula is C21H26N6O2S2. The first-order valence-electron chi connectivity index (χ1n) is 9.88. The fraction of sp³-hybridized carbons (Fsp3) is 0.381. The summed E-state index contributed by atoms with van der Waals surface area (Å²) in [6, 6.07) is 8.76. The van der Waals surface area contributed by atoms with E-state index in [1.165, 1.54) is 23.1 Å². The lowest BCUT2D eigenvalue weighted by Crippen LogP contribution is -2.33. The monoisotopic (exact) mass is 458 g/mol. The highest BCUT2D eigenvalue weighted by atomic mass is 32.2. The van der Waals surface area contributed by atoms with Crippen LogP contribution in [0.5, 0.6) is 0 Å². The summed E-state index contributed by atoms with van der Waals surface area (Å²) in [4.78, 5) is 30.3. The van der Waals surface area contributed by atoms with Crippen molar-refractivity contribution < 1.29 is 9.59 Å². The van der Waals surface area contributed by atoms with Crippen molar-refractivity contribution in [2.75, 3.05) is 11.1 Å². The van der Waals surface area contributed by atoms with Crippen LogP contribution in [0.3, 0.4) is 0 Å². The Morgan fingerprint density at radius 1 is 1.16 bits per heavy atom. The fourth-order valence-electron chi connectivity index (χ4n) is 2.88. The number of hydrogen-bond donors (Lipinski definition) is 2. The van der Waals surface area contributed by atoms with Crippen LogP contribution in [0.4, 0.5) is 5.13 Å². The van der Waals surface area contributed by atoms with Gasteiger partial charge in [0.15, 0.2) is 16.1 Å². The molecule has 1 atom stereocenters. The third kappa shape index (κ3) is 5.71. The summed E-state index contributed by atoms with van der Waals surface area (Å²) in [6.45, 7) is 7.92. The van der Waals surface area contributed by atoms with E-state index in [0.29, 0.717) is 21.7 Å². The number of rotatable bonds is 8. The number of thioether (sulfide) groups is 1. The van der Waals surface area contributed by atoms with Gasteiger partial charge in [-0.1, -0.05) is 43.8 Å². The molecule has 0 saturated carbocycles. The third-order valence-electron chi connectivity index (χ3n) is 4.74. The molecule has 2 N–H and O–H groups in total. The summed E-state index contributed by atoms with van der Waals surface area (Å²) >= 11 is 2.75. The van der Waals surface area contributed by atoms with Crippen molar-refractivity contribution in [1.82, 2.24) is 25.1 Å². The van der Waals surface area contributed by atoms with Gasteiger partial charge in [0.1, 0.15) is 0 Å². The Bertz CT molecular complexity index is 1040. The van der Waals surface area contributed by atoms with Gasteiger partial charge in [-0.25, -0.2) is 4.98 Å². The first-order valence-corrected chi connectivity index (χ1v) is 11.7. The maximum Gasteiger partial charge on any atom is 0.251 e. The SMILES string of the molecule is Cc1nc(NC(=O)CSc2nnc(C(NC(=O)c3ccccc3)C(C)C)n2C)sc1C. The highest BCUT2D eigenvalue weighted by Gasteiger charge is 2.25. The molecule has 0 aliphatic rings. The highest BCUT2D eigenvalue weighted by molar-refractivity contribution is 7.99. The Kier molecular flexibility index (Phi) is 7.45. The van der Waals surface area contributed by atoms with Gasteiger partial charge in [0.05, 0.1) is 17.5 Å². The number of benzene rings is 1. The van der Waals surface area contributed by atoms with Crippen LogP contribution in [0.1, 0.15) is 46.6 Å². The highest BCUT2D eigenvalue weighted by Crippen LogP contribution is 2.25. The Hall–Kier alpha value is -2.72. The number of carbonyl (C=O) groups excluding carboxylic acids is 2. The molecule has 0 radical (unpaired) electrons. The number of amides is 2. The van der Waals surface area contributed by atoms with Gasteiger partial charge in [-0.05, 0) is 31.9 Å². The summed E-state index contributed by atoms with van der Waals surface area (Å²) in [5.41, 5.74) is 1.51. The van der Waals surface area contributed by atoms with E-state index in [1.807, 2.05) is 57.5 Å². The first kappa shape index (κ1) is 23.0. The van der Waals surface area contributed by atoms with Gasteiger partial charge < -0.3 is 15.2 Å². The topological polar surface area (TPSA) is 102 Å². The number of aromatic nitrogens is 4. The predicted molar refractivity (Wildman–Crippen MR) is 123 cm³/mol. The predicted octanol–water partition coefficient (Wildman–Crippen LogP) is 3.75. The molecule has 1 unspecified atom stereocenters. The van der Waals surface area contributed by atoms with Crippen LogP contribution in [0, 0.1) is 19.8 Å². The average molecular weight is 459 g/mol. The largest absolute Gasteiger partial charge is 0.342 e. The lowest BCUT2D eigenvalue weighted by molar-refractivity contribution is -0.113. The van der Waals surface area contributed by atoms with Crippen LogP contribution in [-0.2, 0) is 11.8 Å². The summed E-state index contributed by atoms with van der Waals surface area (Å²) in [5.74, 6) is 0.624. The van der Waals surface area contributed by atoms with Crippen molar-refractivity contribution in [2.24, 2.45) is 13.0 Å². The van der Waals surface area contributed by atoms with Gasteiger partial charge in [0.25, 0.3) is 5.91 Å².